The van der Waals surface area contributed by atoms with Gasteiger partial charge in [0.25, 0.3) is 5.91 Å². The average Bonchev–Trinajstić information content (AvgIpc) is 3.16. The van der Waals surface area contributed by atoms with E-state index in [9.17, 15) is 18.0 Å². The van der Waals surface area contributed by atoms with E-state index in [-0.39, 0.29) is 17.3 Å². The highest BCUT2D eigenvalue weighted by atomic mass is 19.1. The van der Waals surface area contributed by atoms with Crippen LogP contribution >= 0.6 is 0 Å². The number of benzene rings is 2. The molecule has 0 bridgehead atoms. The third kappa shape index (κ3) is 3.92. The summed E-state index contributed by atoms with van der Waals surface area (Å²) in [6.45, 7) is 0. The Morgan fingerprint density at radius 3 is 2.61 bits per heavy atom. The number of anilines is 1. The standard InChI is InChI=1S/C20H13F3N6O2/c1-31-20-11-8-10(9-24-18(11)28-29-20)25-19(30)16-13(22)6-7-15(17(16)23)27-26-14-5-3-2-4-12(14)21/h2-9H,1H3,(H,25,30)(H,24,28,29). The molecule has 0 radical (unpaired) electrons. The van der Waals surface area contributed by atoms with Gasteiger partial charge in [-0.3, -0.25) is 9.89 Å². The fraction of sp³-hybridized carbons (Fsp3) is 0.0500. The van der Waals surface area contributed by atoms with E-state index >= 15 is 0 Å². The molecule has 11 heteroatoms. The molecule has 2 aromatic carbocycles. The summed E-state index contributed by atoms with van der Waals surface area (Å²) in [6, 6.07) is 8.83. The number of nitrogens with one attached hydrogen (secondary N) is 2. The minimum atomic E-state index is -1.24. The molecule has 8 nitrogen and oxygen atoms in total. The molecule has 2 heterocycles. The van der Waals surface area contributed by atoms with Crippen LogP contribution in [0.5, 0.6) is 5.88 Å². The van der Waals surface area contributed by atoms with E-state index in [4.69, 9.17) is 4.74 Å². The van der Waals surface area contributed by atoms with Crippen molar-refractivity contribution >= 4 is 34.0 Å². The number of hydrogen-bond acceptors (Lipinski definition) is 6. The van der Waals surface area contributed by atoms with Crippen LogP contribution < -0.4 is 10.1 Å². The molecular formula is C20H13F3N6O2. The number of ether oxygens (including phenoxy) is 1. The molecule has 0 saturated heterocycles. The second-order valence-corrected chi connectivity index (χ2v) is 6.21. The van der Waals surface area contributed by atoms with Crippen LogP contribution in [-0.2, 0) is 0 Å². The molecule has 0 unspecified atom stereocenters. The van der Waals surface area contributed by atoms with E-state index < -0.39 is 34.6 Å². The predicted molar refractivity (Wildman–Crippen MR) is 105 cm³/mol. The van der Waals surface area contributed by atoms with Gasteiger partial charge in [-0.1, -0.05) is 12.1 Å². The Hall–Kier alpha value is -4.28. The van der Waals surface area contributed by atoms with Crippen molar-refractivity contribution in [1.29, 1.82) is 0 Å². The summed E-state index contributed by atoms with van der Waals surface area (Å²) in [4.78, 5) is 16.6. The second-order valence-electron chi connectivity index (χ2n) is 6.21. The van der Waals surface area contributed by atoms with Crippen LogP contribution in [0.4, 0.5) is 30.2 Å². The number of methoxy groups -OCH3 is 1. The second kappa shape index (κ2) is 8.22. The van der Waals surface area contributed by atoms with E-state index in [2.05, 4.69) is 30.7 Å². The van der Waals surface area contributed by atoms with Crippen molar-refractivity contribution in [2.24, 2.45) is 10.2 Å². The van der Waals surface area contributed by atoms with Crippen molar-refractivity contribution in [3.63, 3.8) is 0 Å². The summed E-state index contributed by atoms with van der Waals surface area (Å²) in [5, 5.41) is 16.6. The van der Waals surface area contributed by atoms with Crippen LogP contribution in [0.15, 0.2) is 58.9 Å². The number of amides is 1. The monoisotopic (exact) mass is 426 g/mol. The number of aromatic nitrogens is 3. The summed E-state index contributed by atoms with van der Waals surface area (Å²) in [7, 11) is 1.41. The number of halogens is 3. The van der Waals surface area contributed by atoms with Gasteiger partial charge in [-0.05, 0) is 30.3 Å². The number of azo groups is 1. The smallest absolute Gasteiger partial charge is 0.261 e. The Kier molecular flexibility index (Phi) is 5.31. The zero-order chi connectivity index (χ0) is 22.0. The van der Waals surface area contributed by atoms with Crippen molar-refractivity contribution in [2.45, 2.75) is 0 Å². The van der Waals surface area contributed by atoms with Crippen LogP contribution in [0.2, 0.25) is 0 Å². The van der Waals surface area contributed by atoms with Gasteiger partial charge in [0, 0.05) is 0 Å². The van der Waals surface area contributed by atoms with Gasteiger partial charge < -0.3 is 10.1 Å². The normalized spacial score (nSPS) is 11.2. The third-order valence-corrected chi connectivity index (χ3v) is 4.25. The Labute approximate surface area is 172 Å². The van der Waals surface area contributed by atoms with Crippen LogP contribution in [-0.4, -0.2) is 28.2 Å². The zero-order valence-corrected chi connectivity index (χ0v) is 15.9. The Balaban J connectivity index is 1.64. The number of H-pyrrole nitrogens is 1. The minimum absolute atomic E-state index is 0.134. The van der Waals surface area contributed by atoms with E-state index in [0.717, 1.165) is 18.2 Å². The summed E-state index contributed by atoms with van der Waals surface area (Å²) in [5.41, 5.74) is -0.869. The number of pyridine rings is 1. The molecule has 2 N–H and O–H groups in total. The maximum absolute atomic E-state index is 14.8. The van der Waals surface area contributed by atoms with Crippen LogP contribution in [0.1, 0.15) is 10.4 Å². The first kappa shape index (κ1) is 20.0. The van der Waals surface area contributed by atoms with Gasteiger partial charge in [-0.15, -0.1) is 15.3 Å². The van der Waals surface area contributed by atoms with Crippen LogP contribution in [0.3, 0.4) is 0 Å². The fourth-order valence-corrected chi connectivity index (χ4v) is 2.77. The predicted octanol–water partition coefficient (Wildman–Crippen LogP) is 5.05. The molecule has 0 atom stereocenters. The van der Waals surface area contributed by atoms with Gasteiger partial charge in [0.15, 0.2) is 17.3 Å². The molecule has 0 aliphatic heterocycles. The van der Waals surface area contributed by atoms with Crippen LogP contribution in [0.25, 0.3) is 11.0 Å². The van der Waals surface area contributed by atoms with Crippen molar-refractivity contribution in [1.82, 2.24) is 15.2 Å². The topological polar surface area (TPSA) is 105 Å². The van der Waals surface area contributed by atoms with Gasteiger partial charge in [0.05, 0.1) is 24.4 Å². The third-order valence-electron chi connectivity index (χ3n) is 4.25. The number of aromatic amines is 1. The van der Waals surface area contributed by atoms with Crippen molar-refractivity contribution < 1.29 is 22.7 Å². The first-order chi connectivity index (χ1) is 15.0. The van der Waals surface area contributed by atoms with Gasteiger partial charge in [-0.2, -0.15) is 0 Å². The first-order valence-corrected chi connectivity index (χ1v) is 8.81. The number of fused-ring (bicyclic) bond motifs is 1. The van der Waals surface area contributed by atoms with Crippen molar-refractivity contribution in [2.75, 3.05) is 12.4 Å². The largest absolute Gasteiger partial charge is 0.479 e. The lowest BCUT2D eigenvalue weighted by Gasteiger charge is -2.08. The quantitative estimate of drug-likeness (QED) is 0.436. The molecule has 2 aromatic heterocycles. The first-order valence-electron chi connectivity index (χ1n) is 8.81. The lowest BCUT2D eigenvalue weighted by molar-refractivity contribution is 0.101. The molecule has 4 aromatic rings. The molecule has 0 aliphatic carbocycles. The van der Waals surface area contributed by atoms with Crippen LogP contribution in [0, 0.1) is 17.5 Å². The highest BCUT2D eigenvalue weighted by molar-refractivity contribution is 6.05. The Morgan fingerprint density at radius 2 is 1.84 bits per heavy atom. The van der Waals surface area contributed by atoms with Gasteiger partial charge in [0.2, 0.25) is 5.88 Å². The average molecular weight is 426 g/mol. The van der Waals surface area contributed by atoms with E-state index in [0.29, 0.717) is 11.0 Å². The number of rotatable bonds is 5. The summed E-state index contributed by atoms with van der Waals surface area (Å²) < 4.78 is 47.8. The summed E-state index contributed by atoms with van der Waals surface area (Å²) >= 11 is 0. The molecule has 156 valence electrons. The van der Waals surface area contributed by atoms with Gasteiger partial charge in [0.1, 0.15) is 22.8 Å². The Morgan fingerprint density at radius 1 is 1.06 bits per heavy atom. The molecule has 1 amide bonds. The molecule has 0 fully saturated rings. The molecule has 0 spiro atoms. The maximum atomic E-state index is 14.8. The van der Waals surface area contributed by atoms with Crippen molar-refractivity contribution in [3.8, 4) is 5.88 Å². The molecule has 31 heavy (non-hydrogen) atoms. The number of hydrogen-bond donors (Lipinski definition) is 2. The highest BCUT2D eigenvalue weighted by Gasteiger charge is 2.21. The lowest BCUT2D eigenvalue weighted by atomic mass is 10.1. The van der Waals surface area contributed by atoms with E-state index in [1.807, 2.05) is 0 Å². The SMILES string of the molecule is COc1n[nH]c2ncc(NC(=O)c3c(F)ccc(N=Nc4ccccc4F)c3F)cc12. The highest BCUT2D eigenvalue weighted by Crippen LogP contribution is 2.28. The number of carbonyl (C=O) groups is 1. The Bertz CT molecular complexity index is 1320. The number of carbonyl (C=O) groups excluding carboxylic acids is 1. The number of nitrogens with zero attached hydrogens (tertiary/aromatic N) is 4. The van der Waals surface area contributed by atoms with Crippen molar-refractivity contribution in [3.05, 3.63) is 71.7 Å². The van der Waals surface area contributed by atoms with E-state index in [1.54, 1.807) is 0 Å². The van der Waals surface area contributed by atoms with Gasteiger partial charge in [-0.25, -0.2) is 18.2 Å². The molecular weight excluding hydrogens is 413 g/mol. The molecule has 4 rings (SSSR count). The zero-order valence-electron chi connectivity index (χ0n) is 15.9. The molecule has 0 aliphatic rings. The molecule has 0 saturated carbocycles. The summed E-state index contributed by atoms with van der Waals surface area (Å²) in [6.07, 6.45) is 1.29. The lowest BCUT2D eigenvalue weighted by Crippen LogP contribution is -2.16. The maximum Gasteiger partial charge on any atom is 0.261 e. The van der Waals surface area contributed by atoms with E-state index in [1.165, 1.54) is 37.6 Å². The summed E-state index contributed by atoms with van der Waals surface area (Å²) in [5.74, 6) is -3.83. The fourth-order valence-electron chi connectivity index (χ4n) is 2.77. The minimum Gasteiger partial charge on any atom is -0.479 e. The van der Waals surface area contributed by atoms with Gasteiger partial charge >= 0.3 is 0 Å².